The van der Waals surface area contributed by atoms with Gasteiger partial charge in [0.1, 0.15) is 16.8 Å². The number of hydrogen-bond donors (Lipinski definition) is 2. The van der Waals surface area contributed by atoms with Crippen molar-refractivity contribution in [2.24, 2.45) is 0 Å². The number of rotatable bonds is 8. The normalized spacial score (nSPS) is 12.4. The molecule has 0 radical (unpaired) electrons. The summed E-state index contributed by atoms with van der Waals surface area (Å²) in [6.07, 6.45) is 2.90. The Labute approximate surface area is 156 Å². The maximum absolute atomic E-state index is 13.1. The first-order valence-corrected chi connectivity index (χ1v) is 9.99. The van der Waals surface area contributed by atoms with Gasteiger partial charge in [0.2, 0.25) is 0 Å². The molecule has 2 rings (SSSR count). The first-order valence-electron chi connectivity index (χ1n) is 8.45. The molecule has 0 saturated carbocycles. The van der Waals surface area contributed by atoms with Crippen molar-refractivity contribution in [3.05, 3.63) is 54.2 Å². The Morgan fingerprint density at radius 1 is 1.11 bits per heavy atom. The average molecular weight is 396 g/mol. The van der Waals surface area contributed by atoms with Crippen LogP contribution in [0, 0.1) is 5.82 Å². The van der Waals surface area contributed by atoms with Crippen molar-refractivity contribution in [2.45, 2.75) is 29.9 Å². The van der Waals surface area contributed by atoms with Crippen LogP contribution in [0.25, 0.3) is 0 Å². The summed E-state index contributed by atoms with van der Waals surface area (Å²) in [6, 6.07) is 7.32. The molecular weight excluding hydrogens is 375 g/mol. The summed E-state index contributed by atoms with van der Waals surface area (Å²) < 4.78 is 44.1. The van der Waals surface area contributed by atoms with Gasteiger partial charge in [-0.1, -0.05) is 13.3 Å². The van der Waals surface area contributed by atoms with Crippen LogP contribution in [-0.2, 0) is 19.4 Å². The number of amides is 2. The van der Waals surface area contributed by atoms with E-state index in [4.69, 9.17) is 4.42 Å². The molecule has 0 bridgehead atoms. The van der Waals surface area contributed by atoms with E-state index in [-0.39, 0.29) is 17.2 Å². The molecular formula is C18H21FN2O5S. The van der Waals surface area contributed by atoms with Crippen LogP contribution in [-0.4, -0.2) is 33.3 Å². The van der Waals surface area contributed by atoms with E-state index in [1.165, 1.54) is 18.4 Å². The van der Waals surface area contributed by atoms with Crippen molar-refractivity contribution in [3.8, 4) is 0 Å². The summed E-state index contributed by atoms with van der Waals surface area (Å²) in [5, 5.41) is 3.51. The highest BCUT2D eigenvalue weighted by atomic mass is 32.2. The minimum Gasteiger partial charge on any atom is -0.468 e. The van der Waals surface area contributed by atoms with E-state index in [0.29, 0.717) is 6.54 Å². The molecule has 0 aliphatic heterocycles. The minimum absolute atomic E-state index is 0.103. The minimum atomic E-state index is -3.99. The second kappa shape index (κ2) is 9.31. The molecule has 0 aliphatic rings. The van der Waals surface area contributed by atoms with Gasteiger partial charge in [0.15, 0.2) is 9.84 Å². The first kappa shape index (κ1) is 20.6. The van der Waals surface area contributed by atoms with Gasteiger partial charge in [-0.25, -0.2) is 12.8 Å². The summed E-state index contributed by atoms with van der Waals surface area (Å²) in [6.45, 7) is 1.94. The predicted octanol–water partition coefficient (Wildman–Crippen LogP) is 1.97. The van der Waals surface area contributed by atoms with Crippen LogP contribution >= 0.6 is 0 Å². The lowest BCUT2D eigenvalue weighted by Gasteiger charge is -2.16. The Kier molecular flexibility index (Phi) is 7.12. The molecule has 0 saturated heterocycles. The molecule has 1 aromatic heterocycles. The highest BCUT2D eigenvalue weighted by Crippen LogP contribution is 2.29. The molecule has 0 spiro atoms. The van der Waals surface area contributed by atoms with Gasteiger partial charge in [-0.05, 0) is 42.8 Å². The fraction of sp³-hybridized carbons (Fsp3) is 0.333. The summed E-state index contributed by atoms with van der Waals surface area (Å²) in [4.78, 5) is 23.5. The van der Waals surface area contributed by atoms with Crippen LogP contribution in [0.3, 0.4) is 0 Å². The van der Waals surface area contributed by atoms with Crippen LogP contribution < -0.4 is 10.6 Å². The number of nitrogens with one attached hydrogen (secondary N) is 2. The third-order valence-electron chi connectivity index (χ3n) is 3.85. The van der Waals surface area contributed by atoms with E-state index >= 15 is 0 Å². The number of carbonyl (C=O) groups excluding carboxylic acids is 2. The zero-order valence-electron chi connectivity index (χ0n) is 14.8. The van der Waals surface area contributed by atoms with Crippen LogP contribution in [0.1, 0.15) is 30.8 Å². The number of unbranched alkanes of at least 4 members (excludes halogenated alkanes) is 1. The third kappa shape index (κ3) is 5.40. The number of furan rings is 1. The van der Waals surface area contributed by atoms with Crippen molar-refractivity contribution >= 4 is 21.7 Å². The van der Waals surface area contributed by atoms with E-state index in [0.717, 1.165) is 37.1 Å². The number of halogens is 1. The molecule has 2 N–H and O–H groups in total. The number of hydrogen-bond acceptors (Lipinski definition) is 5. The van der Waals surface area contributed by atoms with Crippen molar-refractivity contribution in [2.75, 3.05) is 13.1 Å². The second-order valence-corrected chi connectivity index (χ2v) is 7.95. The van der Waals surface area contributed by atoms with Gasteiger partial charge in [-0.3, -0.25) is 9.59 Å². The van der Waals surface area contributed by atoms with E-state index in [9.17, 15) is 22.4 Å². The fourth-order valence-electron chi connectivity index (χ4n) is 2.35. The molecule has 7 nitrogen and oxygen atoms in total. The Morgan fingerprint density at radius 3 is 2.37 bits per heavy atom. The molecule has 2 amide bonds. The van der Waals surface area contributed by atoms with Crippen molar-refractivity contribution < 1.29 is 26.8 Å². The Bertz CT molecular complexity index is 864. The van der Waals surface area contributed by atoms with Gasteiger partial charge >= 0.3 is 11.8 Å². The van der Waals surface area contributed by atoms with Crippen molar-refractivity contribution in [3.63, 3.8) is 0 Å². The van der Waals surface area contributed by atoms with Crippen LogP contribution in [0.2, 0.25) is 0 Å². The zero-order chi connectivity index (χ0) is 19.9. The van der Waals surface area contributed by atoms with Gasteiger partial charge in [-0.15, -0.1) is 0 Å². The largest absolute Gasteiger partial charge is 0.468 e. The van der Waals surface area contributed by atoms with Gasteiger partial charge in [-0.2, -0.15) is 0 Å². The van der Waals surface area contributed by atoms with E-state index in [2.05, 4.69) is 10.6 Å². The molecule has 27 heavy (non-hydrogen) atoms. The molecule has 1 atom stereocenters. The SMILES string of the molecule is CCCCNC(=O)C(=O)NCC(c1ccco1)S(=O)(=O)c1ccc(F)cc1. The van der Waals surface area contributed by atoms with Crippen molar-refractivity contribution in [1.82, 2.24) is 10.6 Å². The Balaban J connectivity index is 2.15. The lowest BCUT2D eigenvalue weighted by Crippen LogP contribution is -2.42. The summed E-state index contributed by atoms with van der Waals surface area (Å²) >= 11 is 0. The maximum atomic E-state index is 13.1. The van der Waals surface area contributed by atoms with Gasteiger partial charge in [0.25, 0.3) is 0 Å². The Hall–Kier alpha value is -2.68. The van der Waals surface area contributed by atoms with Gasteiger partial charge in [0.05, 0.1) is 11.2 Å². The predicted molar refractivity (Wildman–Crippen MR) is 96.0 cm³/mol. The third-order valence-corrected chi connectivity index (χ3v) is 5.92. The van der Waals surface area contributed by atoms with E-state index in [1.54, 1.807) is 0 Å². The maximum Gasteiger partial charge on any atom is 0.309 e. The lowest BCUT2D eigenvalue weighted by molar-refractivity contribution is -0.139. The number of carbonyl (C=O) groups is 2. The van der Waals surface area contributed by atoms with Crippen LogP contribution in [0.5, 0.6) is 0 Å². The summed E-state index contributed by atoms with van der Waals surface area (Å²) in [5.74, 6) is -2.23. The van der Waals surface area contributed by atoms with Gasteiger partial charge in [0, 0.05) is 13.1 Å². The molecule has 9 heteroatoms. The van der Waals surface area contributed by atoms with E-state index < -0.39 is 32.7 Å². The summed E-state index contributed by atoms with van der Waals surface area (Å²) in [7, 11) is -3.99. The molecule has 0 fully saturated rings. The van der Waals surface area contributed by atoms with Crippen LogP contribution in [0.15, 0.2) is 52.0 Å². The molecule has 0 aliphatic carbocycles. The quantitative estimate of drug-likeness (QED) is 0.403. The highest BCUT2D eigenvalue weighted by Gasteiger charge is 2.32. The standard InChI is InChI=1S/C18H21FN2O5S/c1-2-3-10-20-17(22)18(23)21-12-16(15-5-4-11-26-15)27(24,25)14-8-6-13(19)7-9-14/h4-9,11,16H,2-3,10,12H2,1H3,(H,20,22)(H,21,23). The highest BCUT2D eigenvalue weighted by molar-refractivity contribution is 7.91. The topological polar surface area (TPSA) is 105 Å². The molecule has 2 aromatic rings. The van der Waals surface area contributed by atoms with Crippen molar-refractivity contribution in [1.29, 1.82) is 0 Å². The second-order valence-electron chi connectivity index (χ2n) is 5.82. The number of benzene rings is 1. The summed E-state index contributed by atoms with van der Waals surface area (Å²) in [5.41, 5.74) is 0. The molecule has 1 unspecified atom stereocenters. The Morgan fingerprint density at radius 2 is 1.78 bits per heavy atom. The number of sulfone groups is 1. The zero-order valence-corrected chi connectivity index (χ0v) is 15.6. The van der Waals surface area contributed by atoms with Crippen LogP contribution in [0.4, 0.5) is 4.39 Å². The average Bonchev–Trinajstić information content (AvgIpc) is 3.16. The fourth-order valence-corrected chi connectivity index (χ4v) is 3.94. The lowest BCUT2D eigenvalue weighted by atomic mass is 10.3. The monoisotopic (exact) mass is 396 g/mol. The molecule has 1 heterocycles. The smallest absolute Gasteiger partial charge is 0.309 e. The molecule has 146 valence electrons. The first-order chi connectivity index (χ1) is 12.9. The van der Waals surface area contributed by atoms with E-state index in [1.807, 2.05) is 6.92 Å². The molecule has 1 aromatic carbocycles. The van der Waals surface area contributed by atoms with Gasteiger partial charge < -0.3 is 15.1 Å².